The highest BCUT2D eigenvalue weighted by atomic mass is 35.5. The molecule has 0 bridgehead atoms. The maximum absolute atomic E-state index is 12.5. The topological polar surface area (TPSA) is 87.3 Å². The number of thioether (sulfide) groups is 1. The van der Waals surface area contributed by atoms with Gasteiger partial charge in [0.05, 0.1) is 5.75 Å². The van der Waals surface area contributed by atoms with E-state index in [1.807, 2.05) is 45.0 Å². The number of hydrogen-bond donors (Lipinski definition) is 3. The van der Waals surface area contributed by atoms with Crippen molar-refractivity contribution in [3.05, 3.63) is 64.7 Å². The summed E-state index contributed by atoms with van der Waals surface area (Å²) in [6, 6.07) is 13.5. The van der Waals surface area contributed by atoms with E-state index in [2.05, 4.69) is 16.2 Å². The first-order chi connectivity index (χ1) is 13.8. The highest BCUT2D eigenvalue weighted by molar-refractivity contribution is 8.00. The van der Waals surface area contributed by atoms with E-state index >= 15 is 0 Å². The van der Waals surface area contributed by atoms with Gasteiger partial charge in [-0.3, -0.25) is 25.2 Å². The zero-order chi connectivity index (χ0) is 21.4. The summed E-state index contributed by atoms with van der Waals surface area (Å²) in [7, 11) is 0. The summed E-state index contributed by atoms with van der Waals surface area (Å²) in [6.45, 7) is 5.47. The van der Waals surface area contributed by atoms with Gasteiger partial charge in [0.2, 0.25) is 5.91 Å². The molecular formula is C21H24ClN3O3S. The maximum Gasteiger partial charge on any atom is 0.261 e. The number of halogens is 1. The first kappa shape index (κ1) is 22.8. The Balaban J connectivity index is 1.87. The van der Waals surface area contributed by atoms with Crippen LogP contribution in [0.4, 0.5) is 0 Å². The zero-order valence-electron chi connectivity index (χ0n) is 16.5. The largest absolute Gasteiger partial charge is 0.340 e. The van der Waals surface area contributed by atoms with Gasteiger partial charge in [-0.15, -0.1) is 11.8 Å². The molecule has 0 aromatic heterocycles. The van der Waals surface area contributed by atoms with Crippen LogP contribution in [0, 0.1) is 12.8 Å². The second-order valence-corrected chi connectivity index (χ2v) is 8.28. The third-order valence-corrected chi connectivity index (χ3v) is 5.40. The smallest absolute Gasteiger partial charge is 0.261 e. The molecule has 0 spiro atoms. The van der Waals surface area contributed by atoms with Crippen molar-refractivity contribution < 1.29 is 14.4 Å². The van der Waals surface area contributed by atoms with E-state index in [0.717, 1.165) is 10.5 Å². The molecule has 3 amide bonds. The monoisotopic (exact) mass is 433 g/mol. The molecule has 0 saturated heterocycles. The fourth-order valence-corrected chi connectivity index (χ4v) is 3.33. The molecule has 29 heavy (non-hydrogen) atoms. The Morgan fingerprint density at radius 2 is 1.66 bits per heavy atom. The number of amides is 3. The fraction of sp³-hybridized carbons (Fsp3) is 0.286. The Morgan fingerprint density at radius 3 is 2.28 bits per heavy atom. The molecule has 3 N–H and O–H groups in total. The molecule has 2 aromatic carbocycles. The van der Waals surface area contributed by atoms with Crippen LogP contribution in [0.1, 0.15) is 29.8 Å². The molecule has 1 unspecified atom stereocenters. The minimum atomic E-state index is -0.786. The van der Waals surface area contributed by atoms with Gasteiger partial charge in [0, 0.05) is 15.5 Å². The average molecular weight is 434 g/mol. The highest BCUT2D eigenvalue weighted by Crippen LogP contribution is 2.19. The summed E-state index contributed by atoms with van der Waals surface area (Å²) < 4.78 is 0. The Bertz CT molecular complexity index is 872. The lowest BCUT2D eigenvalue weighted by molar-refractivity contribution is -0.129. The summed E-state index contributed by atoms with van der Waals surface area (Å²) in [4.78, 5) is 37.9. The molecule has 0 radical (unpaired) electrons. The van der Waals surface area contributed by atoms with Gasteiger partial charge in [0.15, 0.2) is 0 Å². The molecule has 0 fully saturated rings. The predicted octanol–water partition coefficient (Wildman–Crippen LogP) is 3.34. The summed E-state index contributed by atoms with van der Waals surface area (Å²) in [5.74, 6) is -1.20. The lowest BCUT2D eigenvalue weighted by atomic mass is 10.0. The number of nitrogens with one attached hydrogen (secondary N) is 3. The van der Waals surface area contributed by atoms with Crippen molar-refractivity contribution in [1.82, 2.24) is 16.2 Å². The summed E-state index contributed by atoms with van der Waals surface area (Å²) in [5.41, 5.74) is 6.11. The van der Waals surface area contributed by atoms with Gasteiger partial charge in [0.1, 0.15) is 6.04 Å². The van der Waals surface area contributed by atoms with Crippen LogP contribution in [-0.2, 0) is 9.59 Å². The van der Waals surface area contributed by atoms with Crippen molar-refractivity contribution in [2.24, 2.45) is 5.92 Å². The van der Waals surface area contributed by atoms with E-state index in [1.165, 1.54) is 11.8 Å². The molecule has 2 rings (SSSR count). The van der Waals surface area contributed by atoms with Crippen LogP contribution in [0.2, 0.25) is 5.02 Å². The average Bonchev–Trinajstić information content (AvgIpc) is 2.69. The van der Waals surface area contributed by atoms with Gasteiger partial charge >= 0.3 is 0 Å². The van der Waals surface area contributed by atoms with Crippen LogP contribution in [0.3, 0.4) is 0 Å². The van der Waals surface area contributed by atoms with E-state index in [4.69, 9.17) is 11.6 Å². The van der Waals surface area contributed by atoms with Gasteiger partial charge in [-0.1, -0.05) is 43.6 Å². The highest BCUT2D eigenvalue weighted by Gasteiger charge is 2.25. The van der Waals surface area contributed by atoms with Gasteiger partial charge in [-0.25, -0.2) is 0 Å². The molecule has 0 aliphatic heterocycles. The lowest BCUT2D eigenvalue weighted by Crippen LogP contribution is -2.54. The van der Waals surface area contributed by atoms with Crippen molar-refractivity contribution in [2.75, 3.05) is 5.75 Å². The van der Waals surface area contributed by atoms with E-state index < -0.39 is 11.9 Å². The molecule has 0 aliphatic rings. The molecular weight excluding hydrogens is 410 g/mol. The molecule has 2 aromatic rings. The third-order valence-electron chi connectivity index (χ3n) is 4.13. The predicted molar refractivity (Wildman–Crippen MR) is 116 cm³/mol. The molecule has 0 aliphatic carbocycles. The molecule has 8 heteroatoms. The van der Waals surface area contributed by atoms with Crippen LogP contribution >= 0.6 is 23.4 Å². The summed E-state index contributed by atoms with van der Waals surface area (Å²) in [5, 5.41) is 3.36. The van der Waals surface area contributed by atoms with E-state index in [0.29, 0.717) is 10.6 Å². The van der Waals surface area contributed by atoms with Crippen molar-refractivity contribution >= 4 is 41.1 Å². The van der Waals surface area contributed by atoms with Crippen LogP contribution in [0.5, 0.6) is 0 Å². The number of hydrogen-bond acceptors (Lipinski definition) is 4. The first-order valence-electron chi connectivity index (χ1n) is 9.11. The SMILES string of the molecule is Cc1ccccc1C(=O)NC(C(=O)NNC(=O)CSc1ccc(Cl)cc1)C(C)C. The minimum Gasteiger partial charge on any atom is -0.340 e. The van der Waals surface area contributed by atoms with Crippen LogP contribution < -0.4 is 16.2 Å². The van der Waals surface area contributed by atoms with Crippen LogP contribution in [0.25, 0.3) is 0 Å². The van der Waals surface area contributed by atoms with Crippen molar-refractivity contribution in [2.45, 2.75) is 31.7 Å². The Morgan fingerprint density at radius 1 is 1.00 bits per heavy atom. The van der Waals surface area contributed by atoms with E-state index in [-0.39, 0.29) is 23.5 Å². The molecule has 1 atom stereocenters. The van der Waals surface area contributed by atoms with E-state index in [9.17, 15) is 14.4 Å². The molecule has 154 valence electrons. The number of carbonyl (C=O) groups excluding carboxylic acids is 3. The second kappa shape index (κ2) is 10.9. The molecule has 6 nitrogen and oxygen atoms in total. The zero-order valence-corrected chi connectivity index (χ0v) is 18.1. The Labute approximate surface area is 179 Å². The minimum absolute atomic E-state index is 0.129. The Kier molecular flexibility index (Phi) is 8.54. The summed E-state index contributed by atoms with van der Waals surface area (Å²) in [6.07, 6.45) is 0. The van der Waals surface area contributed by atoms with Crippen molar-refractivity contribution in [3.63, 3.8) is 0 Å². The fourth-order valence-electron chi connectivity index (χ4n) is 2.51. The number of aryl methyl sites for hydroxylation is 1. The van der Waals surface area contributed by atoms with Gasteiger partial charge in [0.25, 0.3) is 11.8 Å². The molecule has 0 saturated carbocycles. The van der Waals surface area contributed by atoms with Gasteiger partial charge < -0.3 is 5.32 Å². The second-order valence-electron chi connectivity index (χ2n) is 6.79. The third kappa shape index (κ3) is 7.11. The first-order valence-corrected chi connectivity index (χ1v) is 10.5. The molecule has 0 heterocycles. The number of benzene rings is 2. The number of carbonyl (C=O) groups is 3. The summed E-state index contributed by atoms with van der Waals surface area (Å²) >= 11 is 7.15. The maximum atomic E-state index is 12.5. The van der Waals surface area contributed by atoms with Crippen LogP contribution in [0.15, 0.2) is 53.4 Å². The quantitative estimate of drug-likeness (QED) is 0.461. The van der Waals surface area contributed by atoms with Gasteiger partial charge in [-0.2, -0.15) is 0 Å². The van der Waals surface area contributed by atoms with Crippen molar-refractivity contribution in [1.29, 1.82) is 0 Å². The standard InChI is InChI=1S/C21H24ClN3O3S/c1-13(2)19(23-20(27)17-7-5-4-6-14(17)3)21(28)25-24-18(26)12-29-16-10-8-15(22)9-11-16/h4-11,13,19H,12H2,1-3H3,(H,23,27)(H,24,26)(H,25,28). The normalized spacial score (nSPS) is 11.6. The van der Waals surface area contributed by atoms with Crippen molar-refractivity contribution in [3.8, 4) is 0 Å². The number of hydrazine groups is 1. The lowest BCUT2D eigenvalue weighted by Gasteiger charge is -2.22. The Hall–Kier alpha value is -2.51. The van der Waals surface area contributed by atoms with E-state index in [1.54, 1.807) is 24.3 Å². The van der Waals surface area contributed by atoms with Crippen LogP contribution in [-0.4, -0.2) is 29.5 Å². The number of rotatable bonds is 7. The van der Waals surface area contributed by atoms with Gasteiger partial charge in [-0.05, 0) is 48.7 Å².